The van der Waals surface area contributed by atoms with Gasteiger partial charge in [0.15, 0.2) is 6.10 Å². The molecule has 5 heteroatoms. The molecule has 1 aliphatic heterocycles. The van der Waals surface area contributed by atoms with Crippen molar-refractivity contribution in [2.45, 2.75) is 38.7 Å². The van der Waals surface area contributed by atoms with Gasteiger partial charge in [-0.3, -0.25) is 9.59 Å². The van der Waals surface area contributed by atoms with Crippen LogP contribution in [0.1, 0.15) is 31.7 Å². The van der Waals surface area contributed by atoms with E-state index in [9.17, 15) is 9.59 Å². The maximum Gasteiger partial charge on any atom is 0.306 e. The molecule has 0 aromatic heterocycles. The molecule has 1 saturated heterocycles. The Bertz CT molecular complexity index is 510. The molecule has 1 aromatic carbocycles. The molecule has 1 atom stereocenters. The summed E-state index contributed by atoms with van der Waals surface area (Å²) in [6.07, 6.45) is 2.18. The maximum absolute atomic E-state index is 12.0. The predicted octanol–water partition coefficient (Wildman–Crippen LogP) is 1.76. The van der Waals surface area contributed by atoms with Gasteiger partial charge in [0, 0.05) is 25.2 Å². The van der Waals surface area contributed by atoms with Gasteiger partial charge in [0.05, 0.1) is 0 Å². The summed E-state index contributed by atoms with van der Waals surface area (Å²) >= 11 is 0. The quantitative estimate of drug-likeness (QED) is 0.662. The Kier molecular flexibility index (Phi) is 5.20. The van der Waals surface area contributed by atoms with Crippen LogP contribution < -0.4 is 5.73 Å². The van der Waals surface area contributed by atoms with Crippen molar-refractivity contribution in [3.63, 3.8) is 0 Å². The highest BCUT2D eigenvalue weighted by Crippen LogP contribution is 2.12. The van der Waals surface area contributed by atoms with Crippen LogP contribution in [-0.4, -0.2) is 36.0 Å². The number of benzene rings is 1. The summed E-state index contributed by atoms with van der Waals surface area (Å²) in [5.74, 6) is -0.442. The fraction of sp³-hybridized carbons (Fsp3) is 0.500. The average molecular weight is 290 g/mol. The third-order valence-corrected chi connectivity index (χ3v) is 3.64. The van der Waals surface area contributed by atoms with Gasteiger partial charge in [-0.2, -0.15) is 0 Å². The van der Waals surface area contributed by atoms with E-state index in [1.165, 1.54) is 0 Å². The monoisotopic (exact) mass is 290 g/mol. The normalized spacial score (nSPS) is 15.8. The molecule has 0 bridgehead atoms. The Balaban J connectivity index is 1.77. The van der Waals surface area contributed by atoms with Crippen LogP contribution in [0.5, 0.6) is 0 Å². The van der Waals surface area contributed by atoms with E-state index in [4.69, 9.17) is 10.5 Å². The van der Waals surface area contributed by atoms with Crippen LogP contribution in [0.4, 0.5) is 5.69 Å². The Labute approximate surface area is 125 Å². The van der Waals surface area contributed by atoms with E-state index in [-0.39, 0.29) is 18.3 Å². The maximum atomic E-state index is 12.0. The summed E-state index contributed by atoms with van der Waals surface area (Å²) in [6, 6.07) is 7.42. The molecule has 0 radical (unpaired) electrons. The van der Waals surface area contributed by atoms with Crippen molar-refractivity contribution >= 4 is 17.6 Å². The summed E-state index contributed by atoms with van der Waals surface area (Å²) < 4.78 is 5.22. The van der Waals surface area contributed by atoms with Crippen molar-refractivity contribution in [1.29, 1.82) is 0 Å². The molecule has 1 aromatic rings. The zero-order valence-corrected chi connectivity index (χ0v) is 12.4. The van der Waals surface area contributed by atoms with Gasteiger partial charge in [-0.15, -0.1) is 0 Å². The number of nitrogen functional groups attached to an aromatic ring is 1. The van der Waals surface area contributed by atoms with Crippen LogP contribution in [-0.2, 0) is 20.7 Å². The number of hydrogen-bond acceptors (Lipinski definition) is 4. The number of hydrogen-bond donors (Lipinski definition) is 1. The van der Waals surface area contributed by atoms with Crippen molar-refractivity contribution < 1.29 is 14.3 Å². The van der Waals surface area contributed by atoms with E-state index in [1.807, 2.05) is 18.2 Å². The lowest BCUT2D eigenvalue weighted by molar-refractivity contribution is -0.158. The molecule has 1 heterocycles. The second kappa shape index (κ2) is 7.11. The molecule has 1 unspecified atom stereocenters. The number of esters is 1. The summed E-state index contributed by atoms with van der Waals surface area (Å²) in [5, 5.41) is 0. The number of rotatable bonds is 5. The van der Waals surface area contributed by atoms with Crippen LogP contribution in [0.3, 0.4) is 0 Å². The fourth-order valence-corrected chi connectivity index (χ4v) is 2.50. The first-order chi connectivity index (χ1) is 10.1. The van der Waals surface area contributed by atoms with Crippen LogP contribution in [0.15, 0.2) is 24.3 Å². The van der Waals surface area contributed by atoms with Gasteiger partial charge >= 0.3 is 5.97 Å². The van der Waals surface area contributed by atoms with Gasteiger partial charge in [-0.05, 0) is 43.9 Å². The molecule has 2 rings (SSSR count). The van der Waals surface area contributed by atoms with Crippen molar-refractivity contribution in [1.82, 2.24) is 4.90 Å². The van der Waals surface area contributed by atoms with Crippen LogP contribution >= 0.6 is 0 Å². The lowest BCUT2D eigenvalue weighted by Crippen LogP contribution is -2.38. The van der Waals surface area contributed by atoms with E-state index in [2.05, 4.69) is 0 Å². The Morgan fingerprint density at radius 3 is 2.71 bits per heavy atom. The molecule has 21 heavy (non-hydrogen) atoms. The van der Waals surface area contributed by atoms with E-state index in [1.54, 1.807) is 17.9 Å². The zero-order chi connectivity index (χ0) is 15.2. The summed E-state index contributed by atoms with van der Waals surface area (Å²) in [4.78, 5) is 25.6. The molecular formula is C16H22N2O3. The Hall–Kier alpha value is -2.04. The topological polar surface area (TPSA) is 72.6 Å². The number of anilines is 1. The lowest BCUT2D eigenvalue weighted by atomic mass is 10.1. The van der Waals surface area contributed by atoms with Gasteiger partial charge < -0.3 is 15.4 Å². The van der Waals surface area contributed by atoms with Crippen molar-refractivity contribution in [3.05, 3.63) is 29.8 Å². The highest BCUT2D eigenvalue weighted by Gasteiger charge is 2.25. The molecule has 1 fully saturated rings. The standard InChI is InChI=1S/C16H22N2O3/c1-12(16(20)18-9-2-3-10-18)21-15(19)8-7-13-5-4-6-14(17)11-13/h4-6,11-12H,2-3,7-10,17H2,1H3. The van der Waals surface area contributed by atoms with E-state index >= 15 is 0 Å². The number of carbonyl (C=O) groups excluding carboxylic acids is 2. The Morgan fingerprint density at radius 1 is 1.33 bits per heavy atom. The first-order valence-corrected chi connectivity index (χ1v) is 7.39. The smallest absolute Gasteiger partial charge is 0.306 e. The minimum Gasteiger partial charge on any atom is -0.453 e. The van der Waals surface area contributed by atoms with Crippen molar-refractivity contribution in [3.8, 4) is 0 Å². The number of nitrogens with two attached hydrogens (primary N) is 1. The number of carbonyl (C=O) groups is 2. The van der Waals surface area contributed by atoms with Gasteiger partial charge in [0.2, 0.25) is 0 Å². The molecule has 0 spiro atoms. The van der Waals surface area contributed by atoms with Crippen LogP contribution in [0.25, 0.3) is 0 Å². The third-order valence-electron chi connectivity index (χ3n) is 3.64. The van der Waals surface area contributed by atoms with Crippen LogP contribution in [0, 0.1) is 0 Å². The molecular weight excluding hydrogens is 268 g/mol. The number of aryl methyl sites for hydroxylation is 1. The molecule has 0 saturated carbocycles. The highest BCUT2D eigenvalue weighted by molar-refractivity contribution is 5.83. The predicted molar refractivity (Wildman–Crippen MR) is 80.5 cm³/mol. The second-order valence-electron chi connectivity index (χ2n) is 5.41. The minimum absolute atomic E-state index is 0.0928. The van der Waals surface area contributed by atoms with Gasteiger partial charge in [-0.1, -0.05) is 12.1 Å². The highest BCUT2D eigenvalue weighted by atomic mass is 16.5. The third kappa shape index (κ3) is 4.48. The van der Waals surface area contributed by atoms with Gasteiger partial charge in [0.25, 0.3) is 5.91 Å². The largest absolute Gasteiger partial charge is 0.453 e. The van der Waals surface area contributed by atoms with E-state index in [0.717, 1.165) is 31.5 Å². The average Bonchev–Trinajstić information content (AvgIpc) is 2.98. The fourth-order valence-electron chi connectivity index (χ4n) is 2.50. The number of amides is 1. The number of likely N-dealkylation sites (tertiary alicyclic amines) is 1. The number of nitrogens with zero attached hydrogens (tertiary/aromatic N) is 1. The lowest BCUT2D eigenvalue weighted by Gasteiger charge is -2.20. The summed E-state index contributed by atoms with van der Waals surface area (Å²) in [6.45, 7) is 3.17. The number of ether oxygens (including phenoxy) is 1. The van der Waals surface area contributed by atoms with Crippen molar-refractivity contribution in [2.24, 2.45) is 0 Å². The first-order valence-electron chi connectivity index (χ1n) is 7.39. The molecule has 2 N–H and O–H groups in total. The van der Waals surface area contributed by atoms with E-state index in [0.29, 0.717) is 12.1 Å². The van der Waals surface area contributed by atoms with Crippen LogP contribution in [0.2, 0.25) is 0 Å². The van der Waals surface area contributed by atoms with Gasteiger partial charge in [-0.25, -0.2) is 0 Å². The molecule has 1 aliphatic rings. The first kappa shape index (κ1) is 15.4. The minimum atomic E-state index is -0.698. The summed E-state index contributed by atoms with van der Waals surface area (Å²) in [5.41, 5.74) is 7.36. The summed E-state index contributed by atoms with van der Waals surface area (Å²) in [7, 11) is 0. The molecule has 114 valence electrons. The van der Waals surface area contributed by atoms with Gasteiger partial charge in [0.1, 0.15) is 0 Å². The Morgan fingerprint density at radius 2 is 2.05 bits per heavy atom. The second-order valence-corrected chi connectivity index (χ2v) is 5.41. The molecule has 5 nitrogen and oxygen atoms in total. The van der Waals surface area contributed by atoms with E-state index < -0.39 is 6.10 Å². The SMILES string of the molecule is CC(OC(=O)CCc1cccc(N)c1)C(=O)N1CCCC1. The van der Waals surface area contributed by atoms with Crippen molar-refractivity contribution in [2.75, 3.05) is 18.8 Å². The molecule has 0 aliphatic carbocycles. The molecule has 1 amide bonds. The zero-order valence-electron chi connectivity index (χ0n) is 12.4.